The van der Waals surface area contributed by atoms with Gasteiger partial charge < -0.3 is 14.2 Å². The molecule has 3 heterocycles. The lowest BCUT2D eigenvalue weighted by molar-refractivity contribution is -0.120. The number of carbonyl (C=O) groups is 2. The zero-order valence-electron chi connectivity index (χ0n) is 15.9. The number of furan rings is 2. The van der Waals surface area contributed by atoms with Gasteiger partial charge in [0.15, 0.2) is 5.13 Å². The summed E-state index contributed by atoms with van der Waals surface area (Å²) in [4.78, 5) is 30.7. The van der Waals surface area contributed by atoms with Gasteiger partial charge in [0, 0.05) is 11.9 Å². The molecule has 148 valence electrons. The lowest BCUT2D eigenvalue weighted by Gasteiger charge is -2.22. The van der Waals surface area contributed by atoms with Gasteiger partial charge in [0.25, 0.3) is 5.91 Å². The molecule has 0 fully saturated rings. The van der Waals surface area contributed by atoms with Crippen LogP contribution in [0, 0.1) is 6.92 Å². The number of hydrogen-bond donors (Lipinski definition) is 2. The van der Waals surface area contributed by atoms with Crippen LogP contribution < -0.4 is 10.6 Å². The largest absolute Gasteiger partial charge is 0.469 e. The highest BCUT2D eigenvalue weighted by Crippen LogP contribution is 2.19. The average Bonchev–Trinajstić information content (AvgIpc) is 3.37. The molecule has 0 aliphatic heterocycles. The number of carbonyl (C=O) groups excluding carboxylic acids is 2. The fraction of sp³-hybridized carbons (Fsp3) is 0.316. The Hall–Kier alpha value is -2.91. The molecular weight excluding hydrogens is 380 g/mol. The molecule has 3 rings (SSSR count). The Labute approximate surface area is 166 Å². The van der Waals surface area contributed by atoms with E-state index in [1.165, 1.54) is 17.6 Å². The van der Waals surface area contributed by atoms with Crippen molar-refractivity contribution in [1.82, 2.24) is 15.2 Å². The molecule has 0 aliphatic carbocycles. The van der Waals surface area contributed by atoms with Crippen LogP contribution in [0.25, 0.3) is 0 Å². The molecule has 0 radical (unpaired) electrons. The Morgan fingerprint density at radius 3 is 2.71 bits per heavy atom. The summed E-state index contributed by atoms with van der Waals surface area (Å²) >= 11 is 1.27. The zero-order valence-corrected chi connectivity index (χ0v) is 16.7. The highest BCUT2D eigenvalue weighted by atomic mass is 32.1. The van der Waals surface area contributed by atoms with Crippen molar-refractivity contribution in [3.05, 3.63) is 58.9 Å². The Morgan fingerprint density at radius 2 is 2.07 bits per heavy atom. The number of anilines is 1. The first-order valence-electron chi connectivity index (χ1n) is 8.70. The SMILES string of the molecule is Cc1occc1C(=O)Nc1nc(CC(=O)NC[C@@H](c2ccco2)N(C)C)cs1. The van der Waals surface area contributed by atoms with E-state index in [9.17, 15) is 9.59 Å². The van der Waals surface area contributed by atoms with Crippen molar-refractivity contribution >= 4 is 28.3 Å². The second kappa shape index (κ2) is 8.85. The van der Waals surface area contributed by atoms with Gasteiger partial charge in [-0.25, -0.2) is 4.98 Å². The monoisotopic (exact) mass is 402 g/mol. The molecule has 0 unspecified atom stereocenters. The van der Waals surface area contributed by atoms with Crippen molar-refractivity contribution < 1.29 is 18.4 Å². The lowest BCUT2D eigenvalue weighted by Crippen LogP contribution is -2.35. The molecule has 0 saturated carbocycles. The molecule has 8 nitrogen and oxygen atoms in total. The molecule has 2 N–H and O–H groups in total. The van der Waals surface area contributed by atoms with Crippen LogP contribution in [0.3, 0.4) is 0 Å². The number of aryl methyl sites for hydroxylation is 1. The van der Waals surface area contributed by atoms with Crippen molar-refractivity contribution in [3.8, 4) is 0 Å². The molecule has 0 aromatic carbocycles. The van der Waals surface area contributed by atoms with Gasteiger partial charge in [-0.2, -0.15) is 0 Å². The quantitative estimate of drug-likeness (QED) is 0.601. The minimum absolute atomic E-state index is 0.0533. The van der Waals surface area contributed by atoms with E-state index in [-0.39, 0.29) is 24.3 Å². The number of nitrogens with one attached hydrogen (secondary N) is 2. The first kappa shape index (κ1) is 19.8. The van der Waals surface area contributed by atoms with E-state index in [4.69, 9.17) is 8.83 Å². The highest BCUT2D eigenvalue weighted by molar-refractivity contribution is 7.14. The predicted octanol–water partition coefficient (Wildman–Crippen LogP) is 2.85. The molecule has 28 heavy (non-hydrogen) atoms. The molecule has 3 aromatic heterocycles. The van der Waals surface area contributed by atoms with Crippen molar-refractivity contribution in [1.29, 1.82) is 0 Å². The Bertz CT molecular complexity index is 930. The highest BCUT2D eigenvalue weighted by Gasteiger charge is 2.19. The summed E-state index contributed by atoms with van der Waals surface area (Å²) in [5.74, 6) is 0.898. The molecule has 0 bridgehead atoms. The summed E-state index contributed by atoms with van der Waals surface area (Å²) in [6.45, 7) is 2.14. The number of hydrogen-bond acceptors (Lipinski definition) is 7. The van der Waals surface area contributed by atoms with E-state index < -0.39 is 0 Å². The summed E-state index contributed by atoms with van der Waals surface area (Å²) in [5, 5.41) is 7.82. The molecule has 3 aromatic rings. The summed E-state index contributed by atoms with van der Waals surface area (Å²) in [6, 6.07) is 5.26. The Kier molecular flexibility index (Phi) is 6.27. The predicted molar refractivity (Wildman–Crippen MR) is 105 cm³/mol. The minimum Gasteiger partial charge on any atom is -0.469 e. The van der Waals surface area contributed by atoms with E-state index in [1.54, 1.807) is 24.6 Å². The maximum atomic E-state index is 12.3. The van der Waals surface area contributed by atoms with Gasteiger partial charge in [-0.1, -0.05) is 0 Å². The van der Waals surface area contributed by atoms with Crippen LogP contribution in [-0.4, -0.2) is 42.3 Å². The van der Waals surface area contributed by atoms with Gasteiger partial charge in [-0.05, 0) is 39.2 Å². The van der Waals surface area contributed by atoms with Crippen LogP contribution >= 0.6 is 11.3 Å². The third kappa shape index (κ3) is 4.87. The summed E-state index contributed by atoms with van der Waals surface area (Å²) in [5.41, 5.74) is 1.06. The average molecular weight is 402 g/mol. The molecular formula is C19H22N4O4S. The molecule has 2 amide bonds. The normalized spacial score (nSPS) is 12.1. The van der Waals surface area contributed by atoms with Crippen LogP contribution in [0.2, 0.25) is 0 Å². The van der Waals surface area contributed by atoms with Crippen LogP contribution in [0.4, 0.5) is 5.13 Å². The maximum Gasteiger partial charge on any atom is 0.260 e. The summed E-state index contributed by atoms with van der Waals surface area (Å²) < 4.78 is 10.6. The van der Waals surface area contributed by atoms with Crippen LogP contribution in [0.15, 0.2) is 44.9 Å². The maximum absolute atomic E-state index is 12.3. The van der Waals surface area contributed by atoms with E-state index >= 15 is 0 Å². The van der Waals surface area contributed by atoms with Gasteiger partial charge in [0.1, 0.15) is 11.5 Å². The van der Waals surface area contributed by atoms with Gasteiger partial charge in [0.2, 0.25) is 5.91 Å². The minimum atomic E-state index is -0.288. The summed E-state index contributed by atoms with van der Waals surface area (Å²) in [7, 11) is 3.85. The first-order chi connectivity index (χ1) is 13.4. The number of nitrogens with zero attached hydrogens (tertiary/aromatic N) is 2. The van der Waals surface area contributed by atoms with Gasteiger partial charge in [-0.3, -0.25) is 19.8 Å². The number of likely N-dealkylation sites (N-methyl/N-ethyl adjacent to an activating group) is 1. The third-order valence-corrected chi connectivity index (χ3v) is 5.01. The molecule has 1 atom stereocenters. The van der Waals surface area contributed by atoms with E-state index in [2.05, 4.69) is 15.6 Å². The van der Waals surface area contributed by atoms with Crippen molar-refractivity contribution in [2.45, 2.75) is 19.4 Å². The van der Waals surface area contributed by atoms with E-state index in [1.807, 2.05) is 31.1 Å². The second-order valence-corrected chi connectivity index (χ2v) is 7.32. The Balaban J connectivity index is 1.52. The van der Waals surface area contributed by atoms with Crippen molar-refractivity contribution in [2.24, 2.45) is 0 Å². The number of aromatic nitrogens is 1. The lowest BCUT2D eigenvalue weighted by atomic mass is 10.2. The van der Waals surface area contributed by atoms with Crippen molar-refractivity contribution in [3.63, 3.8) is 0 Å². The van der Waals surface area contributed by atoms with Gasteiger partial charge in [-0.15, -0.1) is 11.3 Å². The zero-order chi connectivity index (χ0) is 20.1. The topological polar surface area (TPSA) is 101 Å². The smallest absolute Gasteiger partial charge is 0.260 e. The molecule has 0 aliphatic rings. The number of amides is 2. The van der Waals surface area contributed by atoms with Crippen molar-refractivity contribution in [2.75, 3.05) is 26.0 Å². The van der Waals surface area contributed by atoms with Crippen LogP contribution in [0.1, 0.15) is 33.6 Å². The van der Waals surface area contributed by atoms with E-state index in [0.29, 0.717) is 28.7 Å². The molecule has 0 saturated heterocycles. The third-order valence-electron chi connectivity index (χ3n) is 4.20. The second-order valence-electron chi connectivity index (χ2n) is 6.46. The number of rotatable bonds is 8. The van der Waals surface area contributed by atoms with Gasteiger partial charge >= 0.3 is 0 Å². The standard InChI is InChI=1S/C19H22N4O4S/c1-12-14(6-8-26-12)18(25)22-19-21-13(11-28-19)9-17(24)20-10-15(23(2)3)16-5-4-7-27-16/h4-8,11,15H,9-10H2,1-3H3,(H,20,24)(H,21,22,25)/t15-/m0/s1. The molecule has 0 spiro atoms. The summed E-state index contributed by atoms with van der Waals surface area (Å²) in [6.07, 6.45) is 3.21. The number of thiazole rings is 1. The van der Waals surface area contributed by atoms with Crippen LogP contribution in [0.5, 0.6) is 0 Å². The van der Waals surface area contributed by atoms with Crippen LogP contribution in [-0.2, 0) is 11.2 Å². The van der Waals surface area contributed by atoms with E-state index in [0.717, 1.165) is 5.76 Å². The van der Waals surface area contributed by atoms with Gasteiger partial charge in [0.05, 0.1) is 36.2 Å². The Morgan fingerprint density at radius 1 is 1.25 bits per heavy atom. The first-order valence-corrected chi connectivity index (χ1v) is 9.58. The fourth-order valence-corrected chi connectivity index (χ4v) is 3.39. The molecule has 9 heteroatoms. The fourth-order valence-electron chi connectivity index (χ4n) is 2.69.